The molecule has 0 saturated carbocycles. The maximum atomic E-state index is 13.4. The van der Waals surface area contributed by atoms with Crippen LogP contribution in [0.2, 0.25) is 0 Å². The summed E-state index contributed by atoms with van der Waals surface area (Å²) in [6.45, 7) is 0. The molecule has 0 fully saturated rings. The van der Waals surface area contributed by atoms with E-state index in [0.29, 0.717) is 11.8 Å². The number of benzene rings is 1. The molecule has 5 heteroatoms. The number of ether oxygens (including phenoxy) is 1. The lowest BCUT2D eigenvalue weighted by Crippen LogP contribution is -1.99. The summed E-state index contributed by atoms with van der Waals surface area (Å²) < 4.78 is 18.3. The summed E-state index contributed by atoms with van der Waals surface area (Å²) in [7, 11) is 1.36. The zero-order chi connectivity index (χ0) is 10.8. The molecule has 0 N–H and O–H groups in total. The van der Waals surface area contributed by atoms with E-state index >= 15 is 0 Å². The van der Waals surface area contributed by atoms with Crippen molar-refractivity contribution in [3.8, 4) is 5.88 Å². The average Bonchev–Trinajstić information content (AvgIpc) is 2.27. The van der Waals surface area contributed by atoms with Crippen LogP contribution >= 0.6 is 0 Å². The molecule has 0 aliphatic heterocycles. The van der Waals surface area contributed by atoms with Crippen LogP contribution in [0.1, 0.15) is 10.6 Å². The van der Waals surface area contributed by atoms with Crippen molar-refractivity contribution in [2.75, 3.05) is 7.11 Å². The molecule has 15 heavy (non-hydrogen) atoms. The number of nitrogens with zero attached hydrogens (tertiary/aromatic N) is 2. The number of carbonyl (C=O) groups excluding carboxylic acids is 1. The number of aromatic nitrogens is 2. The first-order valence-corrected chi connectivity index (χ1v) is 4.21. The summed E-state index contributed by atoms with van der Waals surface area (Å²) >= 11 is 0. The average molecular weight is 206 g/mol. The topological polar surface area (TPSA) is 52.1 Å². The van der Waals surface area contributed by atoms with E-state index in [1.165, 1.54) is 19.2 Å². The van der Waals surface area contributed by atoms with Gasteiger partial charge in [-0.3, -0.25) is 4.79 Å². The Morgan fingerprint density at radius 2 is 2.20 bits per heavy atom. The second-order valence-corrected chi connectivity index (χ2v) is 2.84. The normalized spacial score (nSPS) is 10.3. The molecule has 76 valence electrons. The lowest BCUT2D eigenvalue weighted by atomic mass is 10.2. The van der Waals surface area contributed by atoms with Gasteiger partial charge in [-0.05, 0) is 12.1 Å². The zero-order valence-corrected chi connectivity index (χ0v) is 7.90. The van der Waals surface area contributed by atoms with E-state index in [-0.39, 0.29) is 17.1 Å². The molecule has 0 unspecified atom stereocenters. The van der Waals surface area contributed by atoms with Gasteiger partial charge in [0.05, 0.1) is 18.0 Å². The van der Waals surface area contributed by atoms with E-state index in [1.807, 2.05) is 0 Å². The lowest BCUT2D eigenvalue weighted by molar-refractivity contribution is 0.111. The Hall–Kier alpha value is -2.04. The molecular formula is C10H7FN2O2. The third kappa shape index (κ3) is 1.52. The van der Waals surface area contributed by atoms with E-state index in [0.717, 1.165) is 0 Å². The smallest absolute Gasteiger partial charge is 0.227 e. The van der Waals surface area contributed by atoms with Crippen molar-refractivity contribution < 1.29 is 13.9 Å². The number of hydrogen-bond donors (Lipinski definition) is 0. The van der Waals surface area contributed by atoms with Crippen molar-refractivity contribution >= 4 is 17.2 Å². The molecule has 0 bridgehead atoms. The Bertz CT molecular complexity index is 528. The van der Waals surface area contributed by atoms with Crippen molar-refractivity contribution in [3.05, 3.63) is 29.8 Å². The van der Waals surface area contributed by atoms with Crippen LogP contribution in [0.5, 0.6) is 5.88 Å². The number of halogens is 1. The number of fused-ring (bicyclic) bond motifs is 1. The molecule has 1 aromatic heterocycles. The summed E-state index contributed by atoms with van der Waals surface area (Å²) in [6, 6.07) is 4.39. The first-order valence-electron chi connectivity index (χ1n) is 4.21. The zero-order valence-electron chi connectivity index (χ0n) is 7.90. The van der Waals surface area contributed by atoms with Crippen molar-refractivity contribution in [2.24, 2.45) is 0 Å². The van der Waals surface area contributed by atoms with E-state index in [1.54, 1.807) is 6.07 Å². The highest BCUT2D eigenvalue weighted by Gasteiger charge is 2.11. The highest BCUT2D eigenvalue weighted by Crippen LogP contribution is 2.24. The van der Waals surface area contributed by atoms with Gasteiger partial charge in [-0.2, -0.15) is 4.98 Å². The quantitative estimate of drug-likeness (QED) is 0.700. The molecule has 0 radical (unpaired) electrons. The number of aldehydes is 1. The SMILES string of the molecule is COc1nc(C=O)nc2cccc(F)c12. The van der Waals surface area contributed by atoms with Crippen LogP contribution in [-0.4, -0.2) is 23.4 Å². The summed E-state index contributed by atoms with van der Waals surface area (Å²) in [4.78, 5) is 18.2. The fraction of sp³-hybridized carbons (Fsp3) is 0.100. The largest absolute Gasteiger partial charge is 0.480 e. The Balaban J connectivity index is 2.86. The molecule has 0 aliphatic carbocycles. The first-order chi connectivity index (χ1) is 7.26. The summed E-state index contributed by atoms with van der Waals surface area (Å²) in [5.74, 6) is -0.424. The third-order valence-electron chi connectivity index (χ3n) is 1.96. The maximum absolute atomic E-state index is 13.4. The molecular weight excluding hydrogens is 199 g/mol. The molecule has 0 amide bonds. The number of hydrogen-bond acceptors (Lipinski definition) is 4. The number of carbonyl (C=O) groups is 1. The van der Waals surface area contributed by atoms with Gasteiger partial charge in [-0.1, -0.05) is 6.07 Å². The minimum atomic E-state index is -0.471. The summed E-state index contributed by atoms with van der Waals surface area (Å²) in [5.41, 5.74) is 0.351. The fourth-order valence-corrected chi connectivity index (χ4v) is 1.33. The van der Waals surface area contributed by atoms with Gasteiger partial charge in [0.2, 0.25) is 5.88 Å². The predicted octanol–water partition coefficient (Wildman–Crippen LogP) is 1.59. The highest BCUT2D eigenvalue weighted by atomic mass is 19.1. The van der Waals surface area contributed by atoms with Crippen LogP contribution in [0, 0.1) is 5.82 Å². The number of rotatable bonds is 2. The molecule has 1 heterocycles. The van der Waals surface area contributed by atoms with Crippen LogP contribution < -0.4 is 4.74 Å². The van der Waals surface area contributed by atoms with Crippen LogP contribution in [0.15, 0.2) is 18.2 Å². The summed E-state index contributed by atoms with van der Waals surface area (Å²) in [6.07, 6.45) is 0.493. The molecule has 0 atom stereocenters. The van der Waals surface area contributed by atoms with E-state index < -0.39 is 5.82 Å². The van der Waals surface area contributed by atoms with Crippen molar-refractivity contribution in [1.29, 1.82) is 0 Å². The van der Waals surface area contributed by atoms with Gasteiger partial charge in [0.25, 0.3) is 0 Å². The van der Waals surface area contributed by atoms with Gasteiger partial charge in [0.15, 0.2) is 12.1 Å². The Kier molecular flexibility index (Phi) is 2.29. The highest BCUT2D eigenvalue weighted by molar-refractivity contribution is 5.86. The predicted molar refractivity (Wildman–Crippen MR) is 51.4 cm³/mol. The van der Waals surface area contributed by atoms with Crippen molar-refractivity contribution in [1.82, 2.24) is 9.97 Å². The standard InChI is InChI=1S/C10H7FN2O2/c1-15-10-9-6(11)3-2-4-7(9)12-8(5-14)13-10/h2-5H,1H3. The van der Waals surface area contributed by atoms with Gasteiger partial charge >= 0.3 is 0 Å². The third-order valence-corrected chi connectivity index (χ3v) is 1.96. The van der Waals surface area contributed by atoms with Crippen LogP contribution in [-0.2, 0) is 0 Å². The van der Waals surface area contributed by atoms with Gasteiger partial charge in [-0.25, -0.2) is 9.37 Å². The van der Waals surface area contributed by atoms with Gasteiger partial charge < -0.3 is 4.74 Å². The molecule has 2 aromatic rings. The van der Waals surface area contributed by atoms with E-state index in [2.05, 4.69) is 9.97 Å². The van der Waals surface area contributed by atoms with Gasteiger partial charge in [0.1, 0.15) is 5.82 Å². The van der Waals surface area contributed by atoms with Crippen molar-refractivity contribution in [3.63, 3.8) is 0 Å². The lowest BCUT2D eigenvalue weighted by Gasteiger charge is -2.04. The molecule has 2 rings (SSSR count). The van der Waals surface area contributed by atoms with E-state index in [9.17, 15) is 9.18 Å². The summed E-state index contributed by atoms with van der Waals surface area (Å²) in [5, 5.41) is 0.186. The van der Waals surface area contributed by atoms with Crippen LogP contribution in [0.4, 0.5) is 4.39 Å². The monoisotopic (exact) mass is 206 g/mol. The Morgan fingerprint density at radius 1 is 1.40 bits per heavy atom. The second-order valence-electron chi connectivity index (χ2n) is 2.84. The van der Waals surface area contributed by atoms with Crippen LogP contribution in [0.25, 0.3) is 10.9 Å². The molecule has 4 nitrogen and oxygen atoms in total. The number of methoxy groups -OCH3 is 1. The van der Waals surface area contributed by atoms with E-state index in [4.69, 9.17) is 4.74 Å². The molecule has 0 saturated heterocycles. The fourth-order valence-electron chi connectivity index (χ4n) is 1.33. The first kappa shape index (κ1) is 9.51. The molecule has 1 aromatic carbocycles. The maximum Gasteiger partial charge on any atom is 0.227 e. The van der Waals surface area contributed by atoms with Crippen molar-refractivity contribution in [2.45, 2.75) is 0 Å². The minimum Gasteiger partial charge on any atom is -0.480 e. The Morgan fingerprint density at radius 3 is 2.87 bits per heavy atom. The van der Waals surface area contributed by atoms with Gasteiger partial charge in [0, 0.05) is 0 Å². The molecule has 0 spiro atoms. The second kappa shape index (κ2) is 3.61. The minimum absolute atomic E-state index is 0.0232. The van der Waals surface area contributed by atoms with Gasteiger partial charge in [-0.15, -0.1) is 0 Å². The van der Waals surface area contributed by atoms with Crippen LogP contribution in [0.3, 0.4) is 0 Å². The molecule has 0 aliphatic rings. The Labute approximate surface area is 84.7 Å².